The van der Waals surface area contributed by atoms with E-state index in [-0.39, 0.29) is 0 Å². The molecule has 0 aliphatic carbocycles. The van der Waals surface area contributed by atoms with Crippen molar-refractivity contribution in [3.8, 4) is 0 Å². The minimum absolute atomic E-state index is 3.79. The summed E-state index contributed by atoms with van der Waals surface area (Å²) in [4.78, 5) is 0. The van der Waals surface area contributed by atoms with E-state index >= 15 is 0 Å². The third-order valence-corrected chi connectivity index (χ3v) is 15.5. The molecule has 0 rings (SSSR count). The molecule has 0 spiro atoms. The second-order valence-corrected chi connectivity index (χ2v) is 19.1. The van der Waals surface area contributed by atoms with E-state index in [9.17, 15) is 16.8 Å². The standard InChI is InChI=1S/2ClHO3S.2ClH.Sn/c2*1-5(2,3)4;;;/h2*(H,2,3,4);2*1H;/q;;;;+4/p-4. The third kappa shape index (κ3) is 10.1. The normalized spacial score (nSPS) is 14.5. The Morgan fingerprint density at radius 2 is 1.08 bits per heavy atom. The van der Waals surface area contributed by atoms with Gasteiger partial charge in [-0.3, -0.25) is 0 Å². The van der Waals surface area contributed by atoms with Crippen LogP contribution in [0.5, 0.6) is 0 Å². The first-order valence-corrected chi connectivity index (χ1v) is 16.1. The number of rotatable bonds is 4. The summed E-state index contributed by atoms with van der Waals surface area (Å²) in [5.74, 6) is 0. The van der Waals surface area contributed by atoms with E-state index < -0.39 is 35.6 Å². The van der Waals surface area contributed by atoms with Crippen molar-refractivity contribution in [3.05, 3.63) is 0 Å². The van der Waals surface area contributed by atoms with E-state index in [1.54, 1.807) is 0 Å². The van der Waals surface area contributed by atoms with Crippen molar-refractivity contribution >= 4 is 74.8 Å². The Balaban J connectivity index is 4.62. The van der Waals surface area contributed by atoms with Gasteiger partial charge in [0.1, 0.15) is 0 Å². The third-order valence-electron chi connectivity index (χ3n) is 0.393. The van der Waals surface area contributed by atoms with Crippen molar-refractivity contribution in [1.29, 1.82) is 0 Å². The Hall–Kier alpha value is 1.78. The number of halogens is 4. The van der Waals surface area contributed by atoms with Crippen molar-refractivity contribution in [2.45, 2.75) is 0 Å². The van der Waals surface area contributed by atoms with E-state index in [0.29, 0.717) is 0 Å². The van der Waals surface area contributed by atoms with Crippen LogP contribution in [0.3, 0.4) is 0 Å². The molecule has 0 saturated carbocycles. The SMILES string of the molecule is O=S(=O)(Cl)[O][Sn]([Cl])([Cl])[O]S(=O)(=O)Cl. The van der Waals surface area contributed by atoms with Gasteiger partial charge in [-0.1, -0.05) is 0 Å². The van der Waals surface area contributed by atoms with E-state index in [1.165, 1.54) is 0 Å². The van der Waals surface area contributed by atoms with Crippen LogP contribution in [0.2, 0.25) is 0 Å². The minimum atomic E-state index is -5.21. The monoisotopic (exact) mass is 420 g/mol. The van der Waals surface area contributed by atoms with Crippen LogP contribution < -0.4 is 0 Å². The van der Waals surface area contributed by atoms with Crippen LogP contribution in [0.25, 0.3) is 0 Å². The Morgan fingerprint density at radius 1 is 0.846 bits per heavy atom. The van der Waals surface area contributed by atoms with Gasteiger partial charge in [-0.25, -0.2) is 0 Å². The molecule has 0 unspecified atom stereocenters. The summed E-state index contributed by atoms with van der Waals surface area (Å²) in [6, 6.07) is 0. The fourth-order valence-electron chi connectivity index (χ4n) is 0.246. The molecular formula is Cl4O6S2Sn. The van der Waals surface area contributed by atoms with Crippen LogP contribution in [0.15, 0.2) is 0 Å². The molecule has 80 valence electrons. The van der Waals surface area contributed by atoms with Crippen LogP contribution >= 0.6 is 39.2 Å². The number of hydrogen-bond donors (Lipinski definition) is 0. The zero-order valence-corrected chi connectivity index (χ0v) is 12.8. The van der Waals surface area contributed by atoms with Gasteiger partial charge in [-0.15, -0.1) is 0 Å². The predicted octanol–water partition coefficient (Wildman–Crippen LogP) is 0.900. The summed E-state index contributed by atoms with van der Waals surface area (Å²) in [6.07, 6.45) is 0. The molecule has 0 aromatic heterocycles. The van der Waals surface area contributed by atoms with Crippen molar-refractivity contribution < 1.29 is 21.9 Å². The molecule has 0 aromatic carbocycles. The molecule has 0 bridgehead atoms. The Kier molecular flexibility index (Phi) is 5.39. The second-order valence-electron chi connectivity index (χ2n) is 1.42. The van der Waals surface area contributed by atoms with Gasteiger partial charge < -0.3 is 0 Å². The quantitative estimate of drug-likeness (QED) is 0.496. The Bertz CT molecular complexity index is 329. The molecule has 0 atom stereocenters. The first-order valence-electron chi connectivity index (χ1n) is 2.09. The summed E-state index contributed by atoms with van der Waals surface area (Å²) < 4.78 is 48.6. The van der Waals surface area contributed by atoms with Crippen molar-refractivity contribution in [1.82, 2.24) is 0 Å². The first-order chi connectivity index (χ1) is 5.41. The van der Waals surface area contributed by atoms with E-state index in [0.717, 1.165) is 0 Å². The van der Waals surface area contributed by atoms with Crippen LogP contribution in [-0.2, 0) is 23.7 Å². The average Bonchev–Trinajstić information content (AvgIpc) is 1.43. The first kappa shape index (κ1) is 14.8. The predicted molar refractivity (Wildman–Crippen MR) is 49.2 cm³/mol. The molecule has 0 heterocycles. The van der Waals surface area contributed by atoms with Gasteiger partial charge in [0.15, 0.2) is 0 Å². The van der Waals surface area contributed by atoms with Gasteiger partial charge in [0.05, 0.1) is 0 Å². The summed E-state index contributed by atoms with van der Waals surface area (Å²) in [7, 11) is 10.3. The summed E-state index contributed by atoms with van der Waals surface area (Å²) in [5.41, 5.74) is 0. The molecule has 0 aliphatic rings. The molecule has 0 fully saturated rings. The molecule has 0 aromatic rings. The maximum atomic E-state index is 10.2. The molecule has 0 radical (unpaired) electrons. The zero-order chi connectivity index (χ0) is 10.9. The molecule has 13 heteroatoms. The molecule has 0 aliphatic heterocycles. The molecule has 6 nitrogen and oxygen atoms in total. The van der Waals surface area contributed by atoms with Crippen LogP contribution in [-0.4, -0.2) is 33.8 Å². The van der Waals surface area contributed by atoms with E-state index in [1.807, 2.05) is 0 Å². The fraction of sp³-hybridized carbons (Fsp3) is 0. The van der Waals surface area contributed by atoms with Crippen molar-refractivity contribution in [2.75, 3.05) is 0 Å². The Labute approximate surface area is 95.6 Å². The summed E-state index contributed by atoms with van der Waals surface area (Å²) in [5, 5.41) is 0. The maximum absolute atomic E-state index is 10.2. The van der Waals surface area contributed by atoms with Crippen molar-refractivity contribution in [3.63, 3.8) is 0 Å². The van der Waals surface area contributed by atoms with Gasteiger partial charge >= 0.3 is 96.7 Å². The molecule has 0 saturated heterocycles. The van der Waals surface area contributed by atoms with Crippen molar-refractivity contribution in [2.24, 2.45) is 0 Å². The fourth-order valence-corrected chi connectivity index (χ4v) is 18.3. The Morgan fingerprint density at radius 3 is 1.23 bits per heavy atom. The molecule has 0 amide bonds. The molecule has 0 N–H and O–H groups in total. The van der Waals surface area contributed by atoms with Gasteiger partial charge in [0, 0.05) is 0 Å². The van der Waals surface area contributed by atoms with Gasteiger partial charge in [-0.05, 0) is 0 Å². The van der Waals surface area contributed by atoms with Gasteiger partial charge in [0.25, 0.3) is 0 Å². The summed E-state index contributed by atoms with van der Waals surface area (Å²) in [6.45, 7) is 0. The second kappa shape index (κ2) is 4.74. The topological polar surface area (TPSA) is 86.7 Å². The van der Waals surface area contributed by atoms with Gasteiger partial charge in [-0.2, -0.15) is 0 Å². The average molecular weight is 421 g/mol. The number of hydrogen-bond acceptors (Lipinski definition) is 6. The van der Waals surface area contributed by atoms with E-state index in [4.69, 9.17) is 17.8 Å². The van der Waals surface area contributed by atoms with Crippen LogP contribution in [0.1, 0.15) is 0 Å². The van der Waals surface area contributed by atoms with E-state index in [2.05, 4.69) is 26.4 Å². The van der Waals surface area contributed by atoms with Gasteiger partial charge in [0.2, 0.25) is 0 Å². The molecule has 13 heavy (non-hydrogen) atoms. The van der Waals surface area contributed by atoms with Crippen LogP contribution in [0, 0.1) is 0 Å². The van der Waals surface area contributed by atoms with Crippen LogP contribution in [0.4, 0.5) is 0 Å². The summed E-state index contributed by atoms with van der Waals surface area (Å²) >= 11 is -5.21. The zero-order valence-electron chi connectivity index (χ0n) is 5.28. The molecular weight excluding hydrogens is 421 g/mol.